The van der Waals surface area contributed by atoms with E-state index >= 15 is 0 Å². The lowest BCUT2D eigenvalue weighted by Crippen LogP contribution is -2.46. The van der Waals surface area contributed by atoms with Crippen LogP contribution < -0.4 is 5.69 Å². The van der Waals surface area contributed by atoms with Gasteiger partial charge in [0.15, 0.2) is 0 Å². The highest BCUT2D eigenvalue weighted by Gasteiger charge is 2.33. The Kier molecular flexibility index (Phi) is 8.11. The maximum atomic E-state index is 13.3. The van der Waals surface area contributed by atoms with Gasteiger partial charge in [-0.25, -0.2) is 4.79 Å². The fraction of sp³-hybridized carbons (Fsp3) is 0.552. The molecular weight excluding hydrogens is 507 g/mol. The number of hydrogen-bond donors (Lipinski definition) is 0. The first-order chi connectivity index (χ1) is 18.7. The first-order valence-electron chi connectivity index (χ1n) is 13.9. The lowest BCUT2D eigenvalue weighted by Gasteiger charge is -2.37. The molecule has 0 saturated carbocycles. The van der Waals surface area contributed by atoms with Gasteiger partial charge < -0.3 is 4.90 Å². The monoisotopic (exact) mass is 543 g/mol. The molecule has 5 rings (SSSR count). The summed E-state index contributed by atoms with van der Waals surface area (Å²) < 4.78 is 41.3. The van der Waals surface area contributed by atoms with Gasteiger partial charge in [-0.3, -0.25) is 23.8 Å². The molecule has 0 spiro atoms. The zero-order valence-corrected chi connectivity index (χ0v) is 22.4. The minimum Gasteiger partial charge on any atom is -0.342 e. The van der Waals surface area contributed by atoms with Crippen molar-refractivity contribution in [2.75, 3.05) is 26.2 Å². The molecule has 3 aromatic rings. The van der Waals surface area contributed by atoms with Crippen molar-refractivity contribution in [3.8, 4) is 0 Å². The summed E-state index contributed by atoms with van der Waals surface area (Å²) in [5.41, 5.74) is 3.40. The Hall–Kier alpha value is -3.14. The van der Waals surface area contributed by atoms with Crippen LogP contribution in [-0.2, 0) is 17.9 Å². The van der Waals surface area contributed by atoms with Crippen molar-refractivity contribution in [3.05, 3.63) is 64.3 Å². The summed E-state index contributed by atoms with van der Waals surface area (Å²) in [6, 6.07) is 11.4. The van der Waals surface area contributed by atoms with E-state index in [1.165, 1.54) is 10.1 Å². The quantitative estimate of drug-likeness (QED) is 0.424. The molecule has 0 aliphatic carbocycles. The van der Waals surface area contributed by atoms with Crippen LogP contribution in [0.25, 0.3) is 11.0 Å². The highest BCUT2D eigenvalue weighted by atomic mass is 19.4. The number of piperidine rings is 2. The van der Waals surface area contributed by atoms with E-state index < -0.39 is 12.6 Å². The minimum absolute atomic E-state index is 0.0234. The van der Waals surface area contributed by atoms with Crippen LogP contribution in [0.1, 0.15) is 55.8 Å². The number of pyridine rings is 1. The van der Waals surface area contributed by atoms with Crippen LogP contribution in [0.4, 0.5) is 13.2 Å². The second kappa shape index (κ2) is 11.5. The normalized spacial score (nSPS) is 18.2. The molecule has 1 amide bonds. The van der Waals surface area contributed by atoms with Gasteiger partial charge in [0.2, 0.25) is 5.91 Å². The maximum Gasteiger partial charge on any atom is 0.389 e. The van der Waals surface area contributed by atoms with Gasteiger partial charge >= 0.3 is 11.9 Å². The smallest absolute Gasteiger partial charge is 0.342 e. The first-order valence-corrected chi connectivity index (χ1v) is 13.9. The van der Waals surface area contributed by atoms with E-state index in [4.69, 9.17) is 0 Å². The van der Waals surface area contributed by atoms with Crippen LogP contribution in [0, 0.1) is 12.8 Å². The Bertz CT molecular complexity index is 1350. The summed E-state index contributed by atoms with van der Waals surface area (Å²) in [5, 5.41) is 0. The summed E-state index contributed by atoms with van der Waals surface area (Å²) in [6.07, 6.45) is -0.458. The number of carbonyl (C=O) groups excluding carboxylic acids is 1. The number of carbonyl (C=O) groups is 1. The second-order valence-corrected chi connectivity index (χ2v) is 10.9. The Labute approximate surface area is 226 Å². The number of halogens is 3. The van der Waals surface area contributed by atoms with Crippen molar-refractivity contribution in [1.82, 2.24) is 23.9 Å². The number of amides is 1. The summed E-state index contributed by atoms with van der Waals surface area (Å²) in [4.78, 5) is 35.3. The standard InChI is InChI=1S/C29H36F3N5O2/c1-21-19-22(7-13-33-21)20-34-15-8-23(9-16-34)27(38)35-17-10-24(11-18-35)37-26-6-3-2-5-25(26)36(28(37)39)14-4-12-29(30,31)32/h2-3,5-7,13,19,23-24H,4,8-12,14-18,20H2,1H3. The molecule has 7 nitrogen and oxygen atoms in total. The van der Waals surface area contributed by atoms with Crippen molar-refractivity contribution in [3.63, 3.8) is 0 Å². The Morgan fingerprint density at radius 3 is 2.36 bits per heavy atom. The third-order valence-electron chi connectivity index (χ3n) is 8.16. The van der Waals surface area contributed by atoms with Crippen LogP contribution in [-0.4, -0.2) is 62.2 Å². The van der Waals surface area contributed by atoms with Crippen LogP contribution in [0.5, 0.6) is 0 Å². The highest BCUT2D eigenvalue weighted by Crippen LogP contribution is 2.29. The highest BCUT2D eigenvalue weighted by molar-refractivity contribution is 5.79. The largest absolute Gasteiger partial charge is 0.389 e. The van der Waals surface area contributed by atoms with Gasteiger partial charge in [0.25, 0.3) is 0 Å². The molecule has 0 radical (unpaired) electrons. The van der Waals surface area contributed by atoms with E-state index in [1.54, 1.807) is 16.7 Å². The second-order valence-electron chi connectivity index (χ2n) is 10.9. The van der Waals surface area contributed by atoms with Crippen molar-refractivity contribution in [2.45, 2.75) is 70.8 Å². The van der Waals surface area contributed by atoms with E-state index in [2.05, 4.69) is 16.0 Å². The van der Waals surface area contributed by atoms with E-state index in [1.807, 2.05) is 36.2 Å². The number of likely N-dealkylation sites (tertiary alicyclic amines) is 2. The average molecular weight is 544 g/mol. The molecule has 4 heterocycles. The fourth-order valence-corrected chi connectivity index (χ4v) is 6.14. The van der Waals surface area contributed by atoms with Gasteiger partial charge in [-0.15, -0.1) is 0 Å². The van der Waals surface area contributed by atoms with Crippen LogP contribution in [0.15, 0.2) is 47.4 Å². The zero-order valence-electron chi connectivity index (χ0n) is 22.4. The predicted octanol–water partition coefficient (Wildman–Crippen LogP) is 4.92. The number of aromatic nitrogens is 3. The maximum absolute atomic E-state index is 13.3. The van der Waals surface area contributed by atoms with Crippen LogP contribution in [0.3, 0.4) is 0 Å². The molecule has 210 valence electrons. The number of hydrogen-bond acceptors (Lipinski definition) is 4. The SMILES string of the molecule is Cc1cc(CN2CCC(C(=O)N3CCC(n4c(=O)n(CCCC(F)(F)F)c5ccccc54)CC3)CC2)ccn1. The van der Waals surface area contributed by atoms with E-state index in [9.17, 15) is 22.8 Å². The molecule has 0 atom stereocenters. The first kappa shape index (κ1) is 27.4. The van der Waals surface area contributed by atoms with Crippen molar-refractivity contribution >= 4 is 16.9 Å². The summed E-state index contributed by atoms with van der Waals surface area (Å²) in [5.74, 6) is 0.227. The third-order valence-corrected chi connectivity index (χ3v) is 8.16. The van der Waals surface area contributed by atoms with Gasteiger partial charge in [-0.2, -0.15) is 13.2 Å². The number of fused-ring (bicyclic) bond motifs is 1. The number of nitrogens with zero attached hydrogens (tertiary/aromatic N) is 5. The zero-order chi connectivity index (χ0) is 27.6. The number of aryl methyl sites for hydroxylation is 2. The molecule has 2 aromatic heterocycles. The molecule has 39 heavy (non-hydrogen) atoms. The lowest BCUT2D eigenvalue weighted by atomic mass is 9.93. The topological polar surface area (TPSA) is 63.4 Å². The van der Waals surface area contributed by atoms with E-state index in [-0.39, 0.29) is 36.5 Å². The molecule has 0 N–H and O–H groups in total. The van der Waals surface area contributed by atoms with Gasteiger partial charge in [0.05, 0.1) is 11.0 Å². The van der Waals surface area contributed by atoms with Gasteiger partial charge in [0, 0.05) is 56.5 Å². The van der Waals surface area contributed by atoms with Crippen LogP contribution >= 0.6 is 0 Å². The molecule has 2 saturated heterocycles. The lowest BCUT2D eigenvalue weighted by molar-refractivity contribution is -0.138. The summed E-state index contributed by atoms with van der Waals surface area (Å²) in [6.45, 7) is 5.83. The minimum atomic E-state index is -4.24. The number of rotatable bonds is 7. The molecule has 0 bridgehead atoms. The number of imidazole rings is 1. The number of alkyl halides is 3. The molecule has 2 aliphatic rings. The fourth-order valence-electron chi connectivity index (χ4n) is 6.14. The van der Waals surface area contributed by atoms with Crippen molar-refractivity contribution in [1.29, 1.82) is 0 Å². The molecule has 0 unspecified atom stereocenters. The summed E-state index contributed by atoms with van der Waals surface area (Å²) >= 11 is 0. The average Bonchev–Trinajstić information content (AvgIpc) is 3.19. The van der Waals surface area contributed by atoms with Gasteiger partial charge in [0.1, 0.15) is 0 Å². The molecule has 10 heteroatoms. The number of para-hydroxylation sites is 2. The van der Waals surface area contributed by atoms with Crippen LogP contribution in [0.2, 0.25) is 0 Å². The van der Waals surface area contributed by atoms with Gasteiger partial charge in [-0.05, 0) is 81.9 Å². The van der Waals surface area contributed by atoms with E-state index in [0.29, 0.717) is 31.4 Å². The molecular formula is C29H36F3N5O2. The molecule has 2 aliphatic heterocycles. The predicted molar refractivity (Wildman–Crippen MR) is 143 cm³/mol. The number of benzene rings is 1. The third kappa shape index (κ3) is 6.37. The Morgan fingerprint density at radius 2 is 1.69 bits per heavy atom. The van der Waals surface area contributed by atoms with Crippen molar-refractivity contribution in [2.24, 2.45) is 5.92 Å². The Morgan fingerprint density at radius 1 is 1.00 bits per heavy atom. The molecule has 2 fully saturated rings. The van der Waals surface area contributed by atoms with Gasteiger partial charge in [-0.1, -0.05) is 12.1 Å². The summed E-state index contributed by atoms with van der Waals surface area (Å²) in [7, 11) is 0. The Balaban J connectivity index is 1.18. The van der Waals surface area contributed by atoms with Crippen molar-refractivity contribution < 1.29 is 18.0 Å². The van der Waals surface area contributed by atoms with E-state index in [0.717, 1.165) is 43.7 Å². The molecule has 1 aromatic carbocycles.